The topological polar surface area (TPSA) is 175 Å². The molecule has 0 bridgehead atoms. The highest BCUT2D eigenvalue weighted by Gasteiger charge is 2.45. The van der Waals surface area contributed by atoms with Gasteiger partial charge in [-0.15, -0.1) is 0 Å². The first-order valence-electron chi connectivity index (χ1n) is 9.76. The quantitative estimate of drug-likeness (QED) is 0.242. The summed E-state index contributed by atoms with van der Waals surface area (Å²) in [6.07, 6.45) is -8.75. The molecule has 0 spiro atoms. The van der Waals surface area contributed by atoms with Crippen LogP contribution in [0, 0.1) is 0 Å². The van der Waals surface area contributed by atoms with E-state index in [1.165, 1.54) is 32.2 Å². The average Bonchev–Trinajstić information content (AvgIpc) is 2.77. The second kappa shape index (κ2) is 10.6. The lowest BCUT2D eigenvalue weighted by atomic mass is 9.96. The molecule has 176 valence electrons. The summed E-state index contributed by atoms with van der Waals surface area (Å²) < 4.78 is 21.1. The predicted molar refractivity (Wildman–Crippen MR) is 104 cm³/mol. The van der Waals surface area contributed by atoms with E-state index < -0.39 is 55.0 Å². The van der Waals surface area contributed by atoms with Gasteiger partial charge in [0, 0.05) is 0 Å². The number of aliphatic hydroxyl groups is 6. The SMILES string of the molecule is CC[C@@](C)(O)[C@@H](O)C(=O)OCc1ccc(O[C@H]2O[C@H](CO)[C@@H](O)[C@H](O)[C@H]2O)c(OC)c1. The van der Waals surface area contributed by atoms with Gasteiger partial charge in [-0.3, -0.25) is 0 Å². The Morgan fingerprint density at radius 3 is 2.45 bits per heavy atom. The zero-order valence-corrected chi connectivity index (χ0v) is 17.5. The highest BCUT2D eigenvalue weighted by atomic mass is 16.7. The van der Waals surface area contributed by atoms with Crippen molar-refractivity contribution in [2.75, 3.05) is 13.7 Å². The molecule has 1 aromatic rings. The van der Waals surface area contributed by atoms with Gasteiger partial charge in [0.25, 0.3) is 0 Å². The second-order valence-electron chi connectivity index (χ2n) is 7.52. The Bertz CT molecular complexity index is 736. The summed E-state index contributed by atoms with van der Waals surface area (Å²) in [7, 11) is 1.35. The minimum Gasteiger partial charge on any atom is -0.493 e. The molecule has 2 rings (SSSR count). The molecule has 11 nitrogen and oxygen atoms in total. The molecule has 6 N–H and O–H groups in total. The Morgan fingerprint density at radius 2 is 1.87 bits per heavy atom. The second-order valence-corrected chi connectivity index (χ2v) is 7.52. The number of rotatable bonds is 9. The Hall–Kier alpha value is -1.99. The maximum absolute atomic E-state index is 12.0. The van der Waals surface area contributed by atoms with Gasteiger partial charge >= 0.3 is 5.97 Å². The van der Waals surface area contributed by atoms with Crippen LogP contribution in [0.2, 0.25) is 0 Å². The molecule has 0 aromatic heterocycles. The molecule has 1 fully saturated rings. The summed E-state index contributed by atoms with van der Waals surface area (Å²) in [5, 5.41) is 58.9. The van der Waals surface area contributed by atoms with Crippen LogP contribution in [0.1, 0.15) is 25.8 Å². The first-order chi connectivity index (χ1) is 14.5. The van der Waals surface area contributed by atoms with Crippen LogP contribution in [0.4, 0.5) is 0 Å². The lowest BCUT2D eigenvalue weighted by Gasteiger charge is -2.39. The van der Waals surface area contributed by atoms with Gasteiger partial charge in [-0.2, -0.15) is 0 Å². The number of hydrogen-bond donors (Lipinski definition) is 6. The van der Waals surface area contributed by atoms with Crippen LogP contribution in [-0.2, 0) is 20.9 Å². The van der Waals surface area contributed by atoms with E-state index in [9.17, 15) is 35.4 Å². The Kier molecular flexibility index (Phi) is 8.60. The minimum atomic E-state index is -1.70. The normalized spacial score (nSPS) is 29.0. The summed E-state index contributed by atoms with van der Waals surface area (Å²) in [6.45, 7) is 2.14. The van der Waals surface area contributed by atoms with Crippen LogP contribution in [0.25, 0.3) is 0 Å². The van der Waals surface area contributed by atoms with Crippen LogP contribution < -0.4 is 9.47 Å². The summed E-state index contributed by atoms with van der Waals surface area (Å²) in [5.41, 5.74) is -1.13. The molecular weight excluding hydrogens is 416 g/mol. The van der Waals surface area contributed by atoms with Crippen molar-refractivity contribution in [1.82, 2.24) is 0 Å². The van der Waals surface area contributed by atoms with Crippen molar-refractivity contribution in [2.45, 2.75) is 69.3 Å². The Morgan fingerprint density at radius 1 is 1.19 bits per heavy atom. The van der Waals surface area contributed by atoms with Crippen LogP contribution in [0.15, 0.2) is 18.2 Å². The van der Waals surface area contributed by atoms with Crippen LogP contribution >= 0.6 is 0 Å². The monoisotopic (exact) mass is 446 g/mol. The molecule has 1 aromatic carbocycles. The maximum atomic E-state index is 12.0. The van der Waals surface area contributed by atoms with E-state index in [2.05, 4.69) is 0 Å². The molecule has 0 unspecified atom stereocenters. The molecule has 1 aliphatic heterocycles. The molecule has 7 atom stereocenters. The number of benzene rings is 1. The molecular formula is C20H30O11. The zero-order chi connectivity index (χ0) is 23.3. The smallest absolute Gasteiger partial charge is 0.338 e. The van der Waals surface area contributed by atoms with Crippen LogP contribution in [0.3, 0.4) is 0 Å². The number of aliphatic hydroxyl groups excluding tert-OH is 5. The molecule has 0 aliphatic carbocycles. The molecule has 1 saturated heterocycles. The molecule has 1 aliphatic rings. The number of carbonyl (C=O) groups excluding carboxylic acids is 1. The van der Waals surface area contributed by atoms with Gasteiger partial charge < -0.3 is 49.6 Å². The van der Waals surface area contributed by atoms with Gasteiger partial charge in [0.2, 0.25) is 6.29 Å². The van der Waals surface area contributed by atoms with Crippen molar-refractivity contribution in [3.05, 3.63) is 23.8 Å². The third-order valence-corrected chi connectivity index (χ3v) is 5.23. The standard InChI is InChI=1S/C20H30O11/c1-4-20(2,27)17(25)18(26)29-9-10-5-6-11(12(7-10)28-3)30-19-16(24)15(23)14(22)13(8-21)31-19/h5-7,13-17,19,21-25,27H,4,8-9H2,1-3H3/t13-,14-,15+,16-,17+,19+,20-/m1/s1. The molecule has 1 heterocycles. The van der Waals surface area contributed by atoms with E-state index in [0.717, 1.165) is 0 Å². The van der Waals surface area contributed by atoms with Crippen LogP contribution in [0.5, 0.6) is 11.5 Å². The summed E-state index contributed by atoms with van der Waals surface area (Å²) in [6, 6.07) is 4.46. The lowest BCUT2D eigenvalue weighted by molar-refractivity contribution is -0.277. The minimum absolute atomic E-state index is 0.121. The van der Waals surface area contributed by atoms with Gasteiger partial charge in [0.1, 0.15) is 31.0 Å². The van der Waals surface area contributed by atoms with E-state index in [1.807, 2.05) is 0 Å². The number of ether oxygens (including phenoxy) is 4. The average molecular weight is 446 g/mol. The third kappa shape index (κ3) is 5.83. The fourth-order valence-electron chi connectivity index (χ4n) is 2.87. The van der Waals surface area contributed by atoms with E-state index >= 15 is 0 Å². The van der Waals surface area contributed by atoms with Crippen molar-refractivity contribution in [3.8, 4) is 11.5 Å². The van der Waals surface area contributed by atoms with Gasteiger partial charge in [0.15, 0.2) is 17.6 Å². The van der Waals surface area contributed by atoms with Crippen molar-refractivity contribution in [1.29, 1.82) is 0 Å². The molecule has 11 heteroatoms. The van der Waals surface area contributed by atoms with Gasteiger partial charge in [-0.05, 0) is 31.0 Å². The largest absolute Gasteiger partial charge is 0.493 e. The van der Waals surface area contributed by atoms with Gasteiger partial charge in [0.05, 0.1) is 19.3 Å². The first-order valence-corrected chi connectivity index (χ1v) is 9.76. The Balaban J connectivity index is 2.07. The molecule has 0 amide bonds. The third-order valence-electron chi connectivity index (χ3n) is 5.23. The summed E-state index contributed by atoms with van der Waals surface area (Å²) >= 11 is 0. The van der Waals surface area contributed by atoms with Crippen molar-refractivity contribution < 1.29 is 54.4 Å². The fraction of sp³-hybridized carbons (Fsp3) is 0.650. The predicted octanol–water partition coefficient (Wildman–Crippen LogP) is -1.56. The fourth-order valence-corrected chi connectivity index (χ4v) is 2.87. The van der Waals surface area contributed by atoms with E-state index in [4.69, 9.17) is 18.9 Å². The van der Waals surface area contributed by atoms with Crippen molar-refractivity contribution >= 4 is 5.97 Å². The number of carbonyl (C=O) groups is 1. The number of hydrogen-bond acceptors (Lipinski definition) is 11. The molecule has 0 saturated carbocycles. The molecule has 31 heavy (non-hydrogen) atoms. The number of esters is 1. The molecule has 0 radical (unpaired) electrons. The Labute approximate surface area is 179 Å². The van der Waals surface area contributed by atoms with Gasteiger partial charge in [-0.25, -0.2) is 4.79 Å². The van der Waals surface area contributed by atoms with Crippen LogP contribution in [-0.4, -0.2) is 92.7 Å². The maximum Gasteiger partial charge on any atom is 0.338 e. The first kappa shape index (κ1) is 25.3. The van der Waals surface area contributed by atoms with E-state index in [-0.39, 0.29) is 24.5 Å². The summed E-state index contributed by atoms with van der Waals surface area (Å²) in [5.74, 6) is -0.671. The highest BCUT2D eigenvalue weighted by Crippen LogP contribution is 2.32. The lowest BCUT2D eigenvalue weighted by Crippen LogP contribution is -2.60. The van der Waals surface area contributed by atoms with Gasteiger partial charge in [-0.1, -0.05) is 13.0 Å². The van der Waals surface area contributed by atoms with E-state index in [0.29, 0.717) is 5.56 Å². The summed E-state index contributed by atoms with van der Waals surface area (Å²) in [4.78, 5) is 12.0. The van der Waals surface area contributed by atoms with E-state index in [1.54, 1.807) is 6.92 Å². The number of methoxy groups -OCH3 is 1. The zero-order valence-electron chi connectivity index (χ0n) is 17.5. The van der Waals surface area contributed by atoms with Crippen molar-refractivity contribution in [3.63, 3.8) is 0 Å². The van der Waals surface area contributed by atoms with Crippen molar-refractivity contribution in [2.24, 2.45) is 0 Å². The highest BCUT2D eigenvalue weighted by molar-refractivity contribution is 5.75.